The number of rotatable bonds is 9. The van der Waals surface area contributed by atoms with Gasteiger partial charge in [0, 0.05) is 42.8 Å². The standard InChI is InChI=1S/C28H36Cl2F3N7/c1-17(2)12-34-8-10-38-9-4-5-19(14-38)20-15-39(16-20)24-13-35-25-26(28(31,32)33)37-40(27(25)36-24)18(3)22-7-6-21(29)11-23(22)30/h6-7,11,13,17-20,34H,4-5,8-10,12,14-16H2,1-3H3/t18-,19-/m1/s1. The Morgan fingerprint density at radius 2 is 1.88 bits per heavy atom. The number of aromatic nitrogens is 4. The Morgan fingerprint density at radius 3 is 2.58 bits per heavy atom. The first-order valence-corrected chi connectivity index (χ1v) is 14.7. The average molecular weight is 599 g/mol. The van der Waals surface area contributed by atoms with E-state index in [9.17, 15) is 13.2 Å². The molecule has 0 unspecified atom stereocenters. The van der Waals surface area contributed by atoms with Crippen LogP contribution in [0.5, 0.6) is 0 Å². The van der Waals surface area contributed by atoms with Gasteiger partial charge in [-0.1, -0.05) is 43.1 Å². The van der Waals surface area contributed by atoms with Gasteiger partial charge in [0.1, 0.15) is 11.3 Å². The number of likely N-dealkylation sites (tertiary alicyclic amines) is 1. The summed E-state index contributed by atoms with van der Waals surface area (Å²) in [4.78, 5) is 13.5. The molecular weight excluding hydrogens is 562 g/mol. The van der Waals surface area contributed by atoms with Gasteiger partial charge in [0.05, 0.1) is 12.2 Å². The highest BCUT2D eigenvalue weighted by molar-refractivity contribution is 6.35. The Bertz CT molecular complexity index is 1320. The maximum absolute atomic E-state index is 13.9. The first-order valence-electron chi connectivity index (χ1n) is 14.0. The normalized spacial score (nSPS) is 19.9. The smallest absolute Gasteiger partial charge is 0.355 e. The van der Waals surface area contributed by atoms with E-state index < -0.39 is 17.9 Å². The fraction of sp³-hybridized carbons (Fsp3) is 0.607. The number of hydrogen-bond donors (Lipinski definition) is 1. The first-order chi connectivity index (χ1) is 19.0. The van der Waals surface area contributed by atoms with E-state index in [0.717, 1.165) is 45.8 Å². The molecule has 2 aromatic heterocycles. The quantitative estimate of drug-likeness (QED) is 0.298. The Kier molecular flexibility index (Phi) is 8.80. The molecule has 0 bridgehead atoms. The van der Waals surface area contributed by atoms with Crippen LogP contribution < -0.4 is 10.2 Å². The zero-order chi connectivity index (χ0) is 28.6. The fourth-order valence-corrected chi connectivity index (χ4v) is 6.36. The maximum Gasteiger partial charge on any atom is 0.437 e. The van der Waals surface area contributed by atoms with Gasteiger partial charge in [-0.2, -0.15) is 18.3 Å². The molecule has 218 valence electrons. The van der Waals surface area contributed by atoms with Gasteiger partial charge in [-0.25, -0.2) is 14.6 Å². The van der Waals surface area contributed by atoms with E-state index in [-0.39, 0.29) is 11.2 Å². The van der Waals surface area contributed by atoms with Gasteiger partial charge >= 0.3 is 6.18 Å². The van der Waals surface area contributed by atoms with Gasteiger partial charge in [0.25, 0.3) is 0 Å². The molecule has 0 aliphatic carbocycles. The van der Waals surface area contributed by atoms with Crippen molar-refractivity contribution in [3.8, 4) is 0 Å². The Hall–Kier alpha value is -2.14. The third-order valence-corrected chi connectivity index (χ3v) is 8.60. The molecule has 7 nitrogen and oxygen atoms in total. The van der Waals surface area contributed by atoms with E-state index in [0.29, 0.717) is 39.2 Å². The molecule has 2 fully saturated rings. The van der Waals surface area contributed by atoms with Gasteiger partial charge < -0.3 is 15.1 Å². The van der Waals surface area contributed by atoms with Gasteiger partial charge in [-0.15, -0.1) is 0 Å². The van der Waals surface area contributed by atoms with Crippen molar-refractivity contribution in [2.24, 2.45) is 17.8 Å². The van der Waals surface area contributed by atoms with Gasteiger partial charge in [0.2, 0.25) is 0 Å². The van der Waals surface area contributed by atoms with Crippen LogP contribution in [0.2, 0.25) is 10.0 Å². The summed E-state index contributed by atoms with van der Waals surface area (Å²) in [5.41, 5.74) is -0.629. The summed E-state index contributed by atoms with van der Waals surface area (Å²) < 4.78 is 42.9. The highest BCUT2D eigenvalue weighted by Crippen LogP contribution is 2.38. The Labute approximate surface area is 243 Å². The van der Waals surface area contributed by atoms with Crippen LogP contribution in [-0.2, 0) is 6.18 Å². The number of piperidine rings is 1. The Morgan fingerprint density at radius 1 is 1.10 bits per heavy atom. The minimum absolute atomic E-state index is 0.0875. The van der Waals surface area contributed by atoms with Crippen molar-refractivity contribution >= 4 is 40.2 Å². The van der Waals surface area contributed by atoms with E-state index >= 15 is 0 Å². The second-order valence-electron chi connectivity index (χ2n) is 11.5. The molecule has 2 atom stereocenters. The lowest BCUT2D eigenvalue weighted by atomic mass is 9.80. The number of halogens is 5. The SMILES string of the molecule is CC(C)CNCCN1CCC[C@@H](C2CN(c3cnc4c(C(F)(F)F)nn([C@H](C)c5ccc(Cl)cc5Cl)c4n3)C2)C1. The molecule has 0 amide bonds. The number of alkyl halides is 3. The molecule has 2 saturated heterocycles. The zero-order valence-corrected chi connectivity index (χ0v) is 24.6. The maximum atomic E-state index is 13.9. The number of hydrogen-bond acceptors (Lipinski definition) is 6. The fourth-order valence-electron chi connectivity index (χ4n) is 5.79. The summed E-state index contributed by atoms with van der Waals surface area (Å²) in [6, 6.07) is 4.31. The van der Waals surface area contributed by atoms with Crippen molar-refractivity contribution in [3.63, 3.8) is 0 Å². The molecule has 12 heteroatoms. The molecule has 1 aromatic carbocycles. The van der Waals surface area contributed by atoms with Crippen LogP contribution in [0.4, 0.5) is 19.0 Å². The highest BCUT2D eigenvalue weighted by Gasteiger charge is 2.40. The summed E-state index contributed by atoms with van der Waals surface area (Å²) in [6.45, 7) is 13.1. The molecule has 0 saturated carbocycles. The summed E-state index contributed by atoms with van der Waals surface area (Å²) in [5, 5.41) is 8.25. The average Bonchev–Trinajstić information content (AvgIpc) is 3.25. The largest absolute Gasteiger partial charge is 0.437 e. The highest BCUT2D eigenvalue weighted by atomic mass is 35.5. The van der Waals surface area contributed by atoms with Crippen molar-refractivity contribution in [3.05, 3.63) is 45.7 Å². The summed E-state index contributed by atoms with van der Waals surface area (Å²) in [6.07, 6.45) is -0.822. The van der Waals surface area contributed by atoms with Crippen molar-refractivity contribution in [2.45, 2.75) is 45.8 Å². The molecule has 3 aromatic rings. The zero-order valence-electron chi connectivity index (χ0n) is 23.1. The van der Waals surface area contributed by atoms with E-state index in [4.69, 9.17) is 23.2 Å². The second kappa shape index (κ2) is 12.0. The molecule has 2 aliphatic rings. The first kappa shape index (κ1) is 29.4. The molecule has 5 rings (SSSR count). The van der Waals surface area contributed by atoms with Crippen molar-refractivity contribution in [1.82, 2.24) is 30.0 Å². The lowest BCUT2D eigenvalue weighted by Gasteiger charge is -2.47. The number of nitrogens with one attached hydrogen (secondary N) is 1. The molecule has 4 heterocycles. The lowest BCUT2D eigenvalue weighted by Crippen LogP contribution is -2.54. The minimum atomic E-state index is -4.66. The van der Waals surface area contributed by atoms with E-state index in [1.165, 1.54) is 23.7 Å². The molecule has 0 spiro atoms. The van der Waals surface area contributed by atoms with Crippen LogP contribution in [-0.4, -0.2) is 70.5 Å². The van der Waals surface area contributed by atoms with E-state index in [1.54, 1.807) is 25.1 Å². The summed E-state index contributed by atoms with van der Waals surface area (Å²) in [7, 11) is 0. The molecule has 40 heavy (non-hydrogen) atoms. The molecular formula is C28H36Cl2F3N7. The van der Waals surface area contributed by atoms with E-state index in [1.807, 2.05) is 0 Å². The van der Waals surface area contributed by atoms with Crippen molar-refractivity contribution < 1.29 is 13.2 Å². The van der Waals surface area contributed by atoms with Gasteiger partial charge in [0.15, 0.2) is 11.3 Å². The Balaban J connectivity index is 1.31. The second-order valence-corrected chi connectivity index (χ2v) is 12.3. The third-order valence-electron chi connectivity index (χ3n) is 8.04. The van der Waals surface area contributed by atoms with Crippen LogP contribution in [0.3, 0.4) is 0 Å². The monoisotopic (exact) mass is 597 g/mol. The minimum Gasteiger partial charge on any atom is -0.355 e. The summed E-state index contributed by atoms with van der Waals surface area (Å²) in [5.74, 6) is 2.36. The predicted molar refractivity (Wildman–Crippen MR) is 153 cm³/mol. The number of nitrogens with zero attached hydrogens (tertiary/aromatic N) is 6. The van der Waals surface area contributed by atoms with Crippen LogP contribution in [0.15, 0.2) is 24.4 Å². The van der Waals surface area contributed by atoms with Crippen molar-refractivity contribution in [2.75, 3.05) is 50.7 Å². The third kappa shape index (κ3) is 6.35. The number of fused-ring (bicyclic) bond motifs is 1. The topological polar surface area (TPSA) is 62.1 Å². The van der Waals surface area contributed by atoms with Crippen LogP contribution in [0, 0.1) is 17.8 Å². The van der Waals surface area contributed by atoms with Crippen LogP contribution in [0.1, 0.15) is 50.9 Å². The number of benzene rings is 1. The predicted octanol–water partition coefficient (Wildman–Crippen LogP) is 6.16. The summed E-state index contributed by atoms with van der Waals surface area (Å²) >= 11 is 12.4. The van der Waals surface area contributed by atoms with E-state index in [2.05, 4.69) is 44.0 Å². The molecule has 1 N–H and O–H groups in total. The van der Waals surface area contributed by atoms with Crippen molar-refractivity contribution in [1.29, 1.82) is 0 Å². The van der Waals surface area contributed by atoms with Gasteiger partial charge in [-0.3, -0.25) is 0 Å². The molecule has 2 aliphatic heterocycles. The lowest BCUT2D eigenvalue weighted by molar-refractivity contribution is -0.140. The van der Waals surface area contributed by atoms with Crippen LogP contribution >= 0.6 is 23.2 Å². The molecule has 0 radical (unpaired) electrons. The van der Waals surface area contributed by atoms with Crippen LogP contribution in [0.25, 0.3) is 11.2 Å². The van der Waals surface area contributed by atoms with Gasteiger partial charge in [-0.05, 0) is 68.3 Å². The number of anilines is 1.